The SMILES string of the molecule is C.CC(C)(C)OC(=O)N1[C@H](CO)[C@@H](O)[C@@H](O)[C@@H]1C1=CCc2c(N)ncnc21.CC[C@@H]1[C@@H](C)[C@@H](OC(C)=O)[C@H](C2=CCc3c(Cl)ncnc32)N1C(=O)OC(C)(C)C.Cl.Cl.N.Nc1ncnc2c1CC=C2[C@@H]1C[C@H](CO)[C@@H](O)[C@H]1O. The summed E-state index contributed by atoms with van der Waals surface area (Å²) in [5.41, 5.74) is 17.0. The van der Waals surface area contributed by atoms with Crippen molar-refractivity contribution in [2.24, 2.45) is 17.8 Å². The van der Waals surface area contributed by atoms with Gasteiger partial charge in [-0.2, -0.15) is 0 Å². The maximum atomic E-state index is 13.2. The molecule has 3 aromatic heterocycles. The number of amides is 2. The minimum atomic E-state index is -1.32. The van der Waals surface area contributed by atoms with Crippen molar-refractivity contribution in [1.82, 2.24) is 45.9 Å². The molecule has 26 heteroatoms. The van der Waals surface area contributed by atoms with Gasteiger partial charge in [-0.1, -0.05) is 51.1 Å². The van der Waals surface area contributed by atoms with Crippen molar-refractivity contribution >= 4 is 82.9 Å². The monoisotopic (exact) mass is 1150 g/mol. The van der Waals surface area contributed by atoms with E-state index in [1.165, 1.54) is 30.8 Å². The van der Waals surface area contributed by atoms with Crippen molar-refractivity contribution in [2.45, 2.75) is 168 Å². The second kappa shape index (κ2) is 26.7. The molecule has 4 aliphatic carbocycles. The molecule has 23 nitrogen and oxygen atoms in total. The van der Waals surface area contributed by atoms with Gasteiger partial charge in [0, 0.05) is 59.6 Å². The van der Waals surface area contributed by atoms with Crippen LogP contribution in [-0.2, 0) is 38.3 Å². The van der Waals surface area contributed by atoms with Crippen molar-refractivity contribution in [3.63, 3.8) is 0 Å². The van der Waals surface area contributed by atoms with Gasteiger partial charge in [-0.25, -0.2) is 39.5 Å². The molecule has 434 valence electrons. The van der Waals surface area contributed by atoms with E-state index >= 15 is 0 Å². The molecule has 3 fully saturated rings. The minimum absolute atomic E-state index is 0. The van der Waals surface area contributed by atoms with Crippen molar-refractivity contribution in [2.75, 3.05) is 24.7 Å². The van der Waals surface area contributed by atoms with Crippen molar-refractivity contribution in [1.29, 1.82) is 0 Å². The van der Waals surface area contributed by atoms with E-state index in [9.17, 15) is 45.0 Å². The van der Waals surface area contributed by atoms with Crippen LogP contribution in [0.2, 0.25) is 5.15 Å². The number of allylic oxidation sites excluding steroid dienone is 3. The van der Waals surface area contributed by atoms with Crippen LogP contribution in [0.15, 0.2) is 37.2 Å². The number of hydrogen-bond acceptors (Lipinski definition) is 21. The Kier molecular flexibility index (Phi) is 23.0. The number of carbonyl (C=O) groups is 3. The molecule has 6 aliphatic rings. The lowest BCUT2D eigenvalue weighted by Crippen LogP contribution is -2.48. The molecule has 2 amide bonds. The number of ether oxygens (including phenoxy) is 3. The van der Waals surface area contributed by atoms with Crippen molar-refractivity contribution in [3.8, 4) is 0 Å². The molecule has 13 N–H and O–H groups in total. The van der Waals surface area contributed by atoms with E-state index in [-0.39, 0.29) is 74.8 Å². The van der Waals surface area contributed by atoms with Crippen LogP contribution in [0, 0.1) is 17.8 Å². The first-order chi connectivity index (χ1) is 34.8. The van der Waals surface area contributed by atoms with Crippen LogP contribution in [0.25, 0.3) is 16.7 Å². The van der Waals surface area contributed by atoms with E-state index in [1.54, 1.807) is 31.7 Å². The highest BCUT2D eigenvalue weighted by atomic mass is 35.5. The summed E-state index contributed by atoms with van der Waals surface area (Å²) in [5.74, 6) is -0.150. The maximum Gasteiger partial charge on any atom is 0.411 e. The second-order valence-corrected chi connectivity index (χ2v) is 21.7. The summed E-state index contributed by atoms with van der Waals surface area (Å²) in [6.07, 6.45) is 6.82. The first-order valence-electron chi connectivity index (χ1n) is 24.8. The molecule has 3 aromatic rings. The average Bonchev–Trinajstić information content (AvgIpc) is 4.18. The summed E-state index contributed by atoms with van der Waals surface area (Å²) in [7, 11) is 0. The van der Waals surface area contributed by atoms with Gasteiger partial charge in [-0.05, 0) is 84.8 Å². The normalized spacial score (nSPS) is 27.2. The van der Waals surface area contributed by atoms with Crippen LogP contribution in [-0.4, -0.2) is 168 Å². The van der Waals surface area contributed by atoms with Gasteiger partial charge in [0.15, 0.2) is 0 Å². The number of aliphatic hydroxyl groups excluding tert-OH is 6. The van der Waals surface area contributed by atoms with Crippen molar-refractivity contribution in [3.05, 3.63) is 76.1 Å². The molecule has 78 heavy (non-hydrogen) atoms. The molecule has 0 unspecified atom stereocenters. The average molecular weight is 1160 g/mol. The lowest BCUT2D eigenvalue weighted by atomic mass is 9.93. The molecule has 2 aliphatic heterocycles. The summed E-state index contributed by atoms with van der Waals surface area (Å²) < 4.78 is 16.9. The number of nitrogens with two attached hydrogens (primary N) is 2. The Labute approximate surface area is 472 Å². The molecule has 9 rings (SSSR count). The Morgan fingerprint density at radius 3 is 1.58 bits per heavy atom. The van der Waals surface area contributed by atoms with Gasteiger partial charge >= 0.3 is 18.2 Å². The highest BCUT2D eigenvalue weighted by Gasteiger charge is 2.55. The van der Waals surface area contributed by atoms with E-state index in [0.29, 0.717) is 71.4 Å². The molecular weight excluding hydrogens is 1080 g/mol. The lowest BCUT2D eigenvalue weighted by Gasteiger charge is -2.33. The van der Waals surface area contributed by atoms with Gasteiger partial charge in [-0.3, -0.25) is 14.6 Å². The third-order valence-corrected chi connectivity index (χ3v) is 14.6. The van der Waals surface area contributed by atoms with Gasteiger partial charge in [-0.15, -0.1) is 24.8 Å². The zero-order valence-electron chi connectivity index (χ0n) is 44.6. The molecule has 2 saturated heterocycles. The van der Waals surface area contributed by atoms with Gasteiger partial charge in [0.05, 0.1) is 54.0 Å². The van der Waals surface area contributed by atoms with Gasteiger partial charge in [0.25, 0.3) is 0 Å². The van der Waals surface area contributed by atoms with Crippen LogP contribution in [0.4, 0.5) is 21.2 Å². The fraction of sp³-hybridized carbons (Fsp3) is 0.596. The number of nitrogen functional groups attached to an aromatic ring is 2. The summed E-state index contributed by atoms with van der Waals surface area (Å²) >= 11 is 6.26. The Hall–Kier alpha value is -5.34. The number of fused-ring (bicyclic) bond motifs is 3. The topological polar surface area (TPSA) is 371 Å². The molecule has 5 heterocycles. The minimum Gasteiger partial charge on any atom is -0.460 e. The number of likely N-dealkylation sites (tertiary alicyclic amines) is 2. The highest BCUT2D eigenvalue weighted by Crippen LogP contribution is 2.46. The number of halogens is 3. The Morgan fingerprint density at radius 1 is 0.667 bits per heavy atom. The van der Waals surface area contributed by atoms with Crippen LogP contribution in [0.5, 0.6) is 0 Å². The second-order valence-electron chi connectivity index (χ2n) is 21.3. The van der Waals surface area contributed by atoms with Crippen LogP contribution in [0.3, 0.4) is 0 Å². The lowest BCUT2D eigenvalue weighted by molar-refractivity contribution is -0.148. The highest BCUT2D eigenvalue weighted by molar-refractivity contribution is 6.30. The predicted octanol–water partition coefficient (Wildman–Crippen LogP) is 4.73. The number of carbonyl (C=O) groups excluding carboxylic acids is 3. The Bertz CT molecular complexity index is 2710. The Morgan fingerprint density at radius 2 is 1.12 bits per heavy atom. The first kappa shape index (κ1) is 66.9. The third-order valence-electron chi connectivity index (χ3n) is 14.3. The predicted molar refractivity (Wildman–Crippen MR) is 297 cm³/mol. The number of aromatic nitrogens is 6. The first-order valence-corrected chi connectivity index (χ1v) is 25.1. The molecule has 12 atom stereocenters. The van der Waals surface area contributed by atoms with E-state index in [2.05, 4.69) is 29.9 Å². The summed E-state index contributed by atoms with van der Waals surface area (Å²) in [5, 5.41) is 60.3. The molecule has 1 saturated carbocycles. The van der Waals surface area contributed by atoms with E-state index in [1.807, 2.05) is 46.8 Å². The number of esters is 1. The van der Waals surface area contributed by atoms with Crippen LogP contribution < -0.4 is 17.6 Å². The quantitative estimate of drug-likeness (QED) is 0.0877. The maximum absolute atomic E-state index is 13.2. The molecule has 0 aromatic carbocycles. The third kappa shape index (κ3) is 13.5. The van der Waals surface area contributed by atoms with E-state index in [0.717, 1.165) is 28.0 Å². The Balaban J connectivity index is 0.000000305. The smallest absolute Gasteiger partial charge is 0.411 e. The summed E-state index contributed by atoms with van der Waals surface area (Å²) in [6.45, 7) is 15.4. The van der Waals surface area contributed by atoms with E-state index < -0.39 is 78.6 Å². The fourth-order valence-electron chi connectivity index (χ4n) is 11.0. The molecule has 0 bridgehead atoms. The number of nitrogens with zero attached hydrogens (tertiary/aromatic N) is 8. The van der Waals surface area contributed by atoms with Crippen LogP contribution >= 0.6 is 36.4 Å². The standard InChI is InChI=1S/C21H28ClN3O4.C17H24N4O5.C13H17N3O3.CH4.2ClH.H3N/c1-7-15-11(2)18(28-12(3)26)17(25(15)20(27)29-21(4,5)6)13-8-9-14-16(13)23-10-24-19(14)22;1-17(2,3)26-16(25)21-10(6-22)13(23)14(24)12(21)8-4-5-9-11(8)19-7-20-15(9)18;14-13-8-2-1-7(10(8)15-5-16-13)9-3-6(4-17)11(18)12(9)19;;;;/h8,10-11,15,17-18H,7,9H2,1-6H3;4,7,10,12-14,22-24H,5-6H2,1-3H3,(H2,18,19,20);1,5-6,9,11-12,17-19H,2-4H2,(H2,14,15,16);1H4;2*1H;1H3/t11-,15-,17+,18-;10-,12+,13-,14+;6-,9+,11-,12+;;;;/m111..../s1. The number of aliphatic hydroxyl groups is 6. The summed E-state index contributed by atoms with van der Waals surface area (Å²) in [4.78, 5) is 65.6. The van der Waals surface area contributed by atoms with Crippen LogP contribution in [0.1, 0.15) is 116 Å². The number of hydrogen-bond donors (Lipinski definition) is 9. The molecular formula is C52H78Cl3N11O12. The summed E-state index contributed by atoms with van der Waals surface area (Å²) in [6, 6.07) is -2.54. The van der Waals surface area contributed by atoms with Gasteiger partial charge in [0.2, 0.25) is 0 Å². The zero-order chi connectivity index (χ0) is 54.3. The zero-order valence-corrected chi connectivity index (χ0v) is 47.0. The molecule has 0 spiro atoms. The molecule has 0 radical (unpaired) electrons. The van der Waals surface area contributed by atoms with Gasteiger partial charge in [0.1, 0.15) is 65.3 Å². The van der Waals surface area contributed by atoms with Crippen molar-refractivity contribution < 1.29 is 59.2 Å². The number of rotatable bonds is 7. The van der Waals surface area contributed by atoms with Gasteiger partial charge < -0.3 is 62.5 Å². The number of anilines is 2. The van der Waals surface area contributed by atoms with E-state index in [4.69, 9.17) is 37.3 Å². The largest absolute Gasteiger partial charge is 0.460 e. The fourth-order valence-corrected chi connectivity index (χ4v) is 11.2.